The summed E-state index contributed by atoms with van der Waals surface area (Å²) in [6.45, 7) is 6.93. The lowest BCUT2D eigenvalue weighted by atomic mass is 9.95. The van der Waals surface area contributed by atoms with Gasteiger partial charge in [-0.2, -0.15) is 0 Å². The Balaban J connectivity index is 1.78. The Morgan fingerprint density at radius 3 is 2.50 bits per heavy atom. The summed E-state index contributed by atoms with van der Waals surface area (Å²) in [6, 6.07) is 4.86. The number of amides is 2. The van der Waals surface area contributed by atoms with Crippen LogP contribution in [-0.2, 0) is 35.8 Å². The largest absolute Gasteiger partial charge is 0.459 e. The number of non-ortho nitro benzene ring substituents is 1. The number of halogens is 1. The summed E-state index contributed by atoms with van der Waals surface area (Å²) in [6.07, 6.45) is 0.753. The van der Waals surface area contributed by atoms with Crippen molar-refractivity contribution in [3.05, 3.63) is 39.9 Å². The van der Waals surface area contributed by atoms with Crippen molar-refractivity contribution < 1.29 is 24.0 Å². The van der Waals surface area contributed by atoms with Crippen molar-refractivity contribution in [2.24, 2.45) is 0 Å². The predicted molar refractivity (Wildman–Crippen MR) is 124 cm³/mol. The van der Waals surface area contributed by atoms with Crippen molar-refractivity contribution in [3.63, 3.8) is 0 Å². The van der Waals surface area contributed by atoms with Gasteiger partial charge in [-0.05, 0) is 38.0 Å². The van der Waals surface area contributed by atoms with Gasteiger partial charge in [-0.15, -0.1) is 11.8 Å². The predicted octanol–water partition coefficient (Wildman–Crippen LogP) is 2.71. The molecule has 3 rings (SSSR count). The molecule has 0 radical (unpaired) electrons. The van der Waals surface area contributed by atoms with Crippen LogP contribution in [0.4, 0.5) is 5.69 Å². The van der Waals surface area contributed by atoms with Gasteiger partial charge >= 0.3 is 16.7 Å². The van der Waals surface area contributed by atoms with Crippen LogP contribution < -0.4 is 5.32 Å². The van der Waals surface area contributed by atoms with Crippen molar-refractivity contribution in [1.29, 1.82) is 0 Å². The summed E-state index contributed by atoms with van der Waals surface area (Å²) in [7, 11) is 5.70. The maximum absolute atomic E-state index is 13.3. The molecule has 1 unspecified atom stereocenters. The Morgan fingerprint density at radius 2 is 1.97 bits per heavy atom. The first-order valence-electron chi connectivity index (χ1n) is 10.0. The highest BCUT2D eigenvalue weighted by atomic mass is 35.7. The molecule has 0 aliphatic carbocycles. The van der Waals surface area contributed by atoms with Gasteiger partial charge in [0.05, 0.1) is 4.92 Å². The second-order valence-electron chi connectivity index (χ2n) is 8.17. The zero-order valence-electron chi connectivity index (χ0n) is 18.1. The molecule has 0 bridgehead atoms. The molecule has 1 aromatic rings. The van der Waals surface area contributed by atoms with Crippen LogP contribution in [0.25, 0.3) is 0 Å². The Kier molecular flexibility index (Phi) is 7.02. The van der Waals surface area contributed by atoms with E-state index in [9.17, 15) is 24.5 Å². The van der Waals surface area contributed by atoms with Crippen LogP contribution >= 0.6 is 22.4 Å². The molecule has 0 aromatic heterocycles. The number of nitro benzene ring substituents is 1. The minimum Gasteiger partial charge on any atom is -0.459 e. The monoisotopic (exact) mass is 502 g/mol. The van der Waals surface area contributed by atoms with Gasteiger partial charge in [0, 0.05) is 23.8 Å². The third kappa shape index (κ3) is 4.17. The SMILES string of the molecule is CCC[S+](Cl)[C@]1(NC(C)=O)C(=O)N2[C@@H](C(=O)OCc3ccc([N+](=O)[O-])cc3)C(C)(C)S[C@@H]21. The number of ether oxygens (including phenoxy) is 1. The molecule has 2 saturated heterocycles. The highest BCUT2D eigenvalue weighted by molar-refractivity contribution is 8.20. The van der Waals surface area contributed by atoms with Gasteiger partial charge in [0.1, 0.15) is 28.5 Å². The molecule has 12 heteroatoms. The number of hydrogen-bond donors (Lipinski definition) is 1. The number of β-lactam (4-membered cyclic amide) rings is 1. The van der Waals surface area contributed by atoms with E-state index < -0.39 is 42.0 Å². The molecule has 1 aromatic carbocycles. The maximum atomic E-state index is 13.3. The maximum Gasteiger partial charge on any atom is 0.330 e. The first-order valence-corrected chi connectivity index (χ1v) is 13.1. The number of carbonyl (C=O) groups excluding carboxylic acids is 3. The Hall–Kier alpha value is -1.98. The van der Waals surface area contributed by atoms with Crippen molar-refractivity contribution in [3.8, 4) is 0 Å². The van der Waals surface area contributed by atoms with Crippen LogP contribution in [0.1, 0.15) is 39.7 Å². The number of nitrogens with zero attached hydrogens (tertiary/aromatic N) is 2. The quantitative estimate of drug-likeness (QED) is 0.191. The van der Waals surface area contributed by atoms with Gasteiger partial charge in [-0.1, -0.05) is 6.92 Å². The first-order chi connectivity index (χ1) is 15.0. The minimum absolute atomic E-state index is 0.0553. The molecule has 0 spiro atoms. The first kappa shape index (κ1) is 24.7. The lowest BCUT2D eigenvalue weighted by molar-refractivity contribution is -0.384. The van der Waals surface area contributed by atoms with Crippen LogP contribution in [-0.4, -0.2) is 54.4 Å². The minimum atomic E-state index is -1.24. The molecule has 2 amide bonds. The number of rotatable bonds is 8. The average Bonchev–Trinajstić information content (AvgIpc) is 2.99. The second kappa shape index (κ2) is 9.11. The van der Waals surface area contributed by atoms with Gasteiger partial charge in [0.25, 0.3) is 5.69 Å². The van der Waals surface area contributed by atoms with Crippen molar-refractivity contribution in [1.82, 2.24) is 10.2 Å². The fourth-order valence-electron chi connectivity index (χ4n) is 3.93. The Labute approximate surface area is 197 Å². The summed E-state index contributed by atoms with van der Waals surface area (Å²) >= 11 is 1.42. The van der Waals surface area contributed by atoms with Crippen molar-refractivity contribution in [2.75, 3.05) is 5.75 Å². The fourth-order valence-corrected chi connectivity index (χ4v) is 8.75. The highest BCUT2D eigenvalue weighted by Crippen LogP contribution is 2.57. The van der Waals surface area contributed by atoms with E-state index in [0.29, 0.717) is 11.3 Å². The van der Waals surface area contributed by atoms with Gasteiger partial charge in [0.2, 0.25) is 5.91 Å². The fraction of sp³-hybridized carbons (Fsp3) is 0.550. The number of thioether (sulfide) groups is 1. The third-order valence-electron chi connectivity index (χ3n) is 5.35. The molecule has 2 heterocycles. The van der Waals surface area contributed by atoms with E-state index in [2.05, 4.69) is 5.32 Å². The molecule has 174 valence electrons. The number of hydrogen-bond acceptors (Lipinski definition) is 7. The molecule has 2 aliphatic rings. The lowest BCUT2D eigenvalue weighted by Crippen LogP contribution is -2.81. The van der Waals surface area contributed by atoms with Crippen LogP contribution in [0.2, 0.25) is 0 Å². The molecule has 1 N–H and O–H groups in total. The van der Waals surface area contributed by atoms with Crippen molar-refractivity contribution in [2.45, 2.75) is 61.8 Å². The van der Waals surface area contributed by atoms with Gasteiger partial charge in [-0.25, -0.2) is 4.79 Å². The van der Waals surface area contributed by atoms with E-state index in [1.807, 2.05) is 20.8 Å². The van der Waals surface area contributed by atoms with Gasteiger partial charge in [-0.3, -0.25) is 25.0 Å². The summed E-state index contributed by atoms with van der Waals surface area (Å²) in [4.78, 5) is 48.8. The molecule has 2 aliphatic heterocycles. The van der Waals surface area contributed by atoms with Crippen LogP contribution in [0.15, 0.2) is 24.3 Å². The average molecular weight is 503 g/mol. The standard InChI is InChI=1S/C20H24ClN3O6S2/c1-5-10-32(21)20(22-12(2)25)17(27)23-15(19(3,4)31-18(20)23)16(26)30-11-13-6-8-14(9-7-13)24(28)29/h6-9,15,18H,5,10-11H2,1-4H3/p+1/t15-,18+,20+,32?/m0/s1. The summed E-state index contributed by atoms with van der Waals surface area (Å²) in [5, 5.41) is 13.1. The lowest BCUT2D eigenvalue weighted by Gasteiger charge is -2.48. The smallest absolute Gasteiger partial charge is 0.330 e. The third-order valence-corrected chi connectivity index (χ3v) is 10.3. The van der Waals surface area contributed by atoms with Gasteiger partial charge < -0.3 is 9.64 Å². The Morgan fingerprint density at radius 1 is 1.34 bits per heavy atom. The molecule has 2 fully saturated rings. The highest BCUT2D eigenvalue weighted by Gasteiger charge is 2.80. The van der Waals surface area contributed by atoms with Crippen LogP contribution in [0, 0.1) is 10.1 Å². The molecular formula is C20H25ClN3O6S2+. The van der Waals surface area contributed by atoms with Crippen LogP contribution in [0.5, 0.6) is 0 Å². The van der Waals surface area contributed by atoms with E-state index >= 15 is 0 Å². The topological polar surface area (TPSA) is 119 Å². The zero-order valence-corrected chi connectivity index (χ0v) is 20.5. The normalized spacial score (nSPS) is 26.7. The number of esters is 1. The van der Waals surface area contributed by atoms with E-state index in [1.54, 1.807) is 0 Å². The number of nitrogens with one attached hydrogen (secondary N) is 1. The molecule has 0 saturated carbocycles. The molecule has 9 nitrogen and oxygen atoms in total. The summed E-state index contributed by atoms with van der Waals surface area (Å²) in [5.41, 5.74) is 0.539. The number of benzene rings is 1. The second-order valence-corrected chi connectivity index (χ2v) is 12.7. The Bertz CT molecular complexity index is 944. The zero-order chi connectivity index (χ0) is 23.8. The van der Waals surface area contributed by atoms with E-state index in [4.69, 9.17) is 15.4 Å². The van der Waals surface area contributed by atoms with E-state index in [1.165, 1.54) is 47.9 Å². The van der Waals surface area contributed by atoms with Crippen LogP contribution in [0.3, 0.4) is 0 Å². The number of carbonyl (C=O) groups is 3. The van der Waals surface area contributed by atoms with Gasteiger partial charge in [0.15, 0.2) is 16.1 Å². The molecule has 32 heavy (non-hydrogen) atoms. The summed E-state index contributed by atoms with van der Waals surface area (Å²) < 4.78 is 4.81. The summed E-state index contributed by atoms with van der Waals surface area (Å²) in [5.74, 6) is -0.735. The number of nitro groups is 1. The van der Waals surface area contributed by atoms with E-state index in [-0.39, 0.29) is 24.1 Å². The number of fused-ring (bicyclic) bond motifs is 1. The molecular weight excluding hydrogens is 478 g/mol. The van der Waals surface area contributed by atoms with Crippen molar-refractivity contribution >= 4 is 56.0 Å². The molecule has 4 atom stereocenters. The van der Waals surface area contributed by atoms with E-state index in [0.717, 1.165) is 6.42 Å².